The van der Waals surface area contributed by atoms with Gasteiger partial charge in [0.15, 0.2) is 0 Å². The molecule has 3 aliphatic rings. The monoisotopic (exact) mass is 532 g/mol. The highest BCUT2D eigenvalue weighted by Gasteiger charge is 2.49. The Morgan fingerprint density at radius 2 is 2.00 bits per heavy atom. The van der Waals surface area contributed by atoms with E-state index in [1.807, 2.05) is 18.2 Å². The fourth-order valence-corrected chi connectivity index (χ4v) is 7.12. The molecule has 3 fully saturated rings. The molecular weight excluding hydrogens is 492 g/mol. The molecule has 1 saturated heterocycles. The van der Waals surface area contributed by atoms with Gasteiger partial charge in [0.25, 0.3) is 5.91 Å². The van der Waals surface area contributed by atoms with Gasteiger partial charge < -0.3 is 19.9 Å². The lowest BCUT2D eigenvalue weighted by Gasteiger charge is -2.34. The van der Waals surface area contributed by atoms with Crippen molar-refractivity contribution in [2.45, 2.75) is 90.1 Å². The lowest BCUT2D eigenvalue weighted by molar-refractivity contribution is -0.129. The van der Waals surface area contributed by atoms with Gasteiger partial charge in [-0.1, -0.05) is 39.2 Å². The number of nitrogens with zero attached hydrogens (tertiary/aromatic N) is 2. The molecule has 5 rings (SSSR count). The van der Waals surface area contributed by atoms with E-state index in [1.54, 1.807) is 18.1 Å². The van der Waals surface area contributed by atoms with Gasteiger partial charge in [-0.15, -0.1) is 0 Å². The van der Waals surface area contributed by atoms with Crippen molar-refractivity contribution >= 4 is 28.5 Å². The van der Waals surface area contributed by atoms with E-state index in [0.29, 0.717) is 37.3 Å². The molecule has 2 heterocycles. The van der Waals surface area contributed by atoms with E-state index in [1.165, 1.54) is 6.42 Å². The molecule has 1 aromatic carbocycles. The number of hydrogen-bond acceptors (Lipinski definition) is 5. The number of methoxy groups -OCH3 is 1. The average molecular weight is 533 g/mol. The van der Waals surface area contributed by atoms with Crippen LogP contribution in [0.4, 0.5) is 0 Å². The zero-order valence-corrected chi connectivity index (χ0v) is 23.3. The molecule has 2 saturated carbocycles. The summed E-state index contributed by atoms with van der Waals surface area (Å²) in [7, 11) is 1.60. The lowest BCUT2D eigenvalue weighted by atomic mass is 9.71. The van der Waals surface area contributed by atoms with Crippen molar-refractivity contribution in [3.05, 3.63) is 30.0 Å². The maximum atomic E-state index is 13.9. The van der Waals surface area contributed by atoms with Crippen LogP contribution in [-0.2, 0) is 9.59 Å². The number of H-pyrrole nitrogens is 1. The van der Waals surface area contributed by atoms with Crippen LogP contribution in [0.2, 0.25) is 0 Å². The van der Waals surface area contributed by atoms with Gasteiger partial charge in [0, 0.05) is 29.8 Å². The minimum Gasteiger partial charge on any atom is -0.496 e. The van der Waals surface area contributed by atoms with Crippen LogP contribution in [0, 0.1) is 28.1 Å². The summed E-state index contributed by atoms with van der Waals surface area (Å²) < 4.78 is 5.47. The third kappa shape index (κ3) is 5.54. The van der Waals surface area contributed by atoms with Crippen LogP contribution in [0.25, 0.3) is 10.9 Å². The predicted octanol–water partition coefficient (Wildman–Crippen LogP) is 5.14. The number of nitriles is 1. The Morgan fingerprint density at radius 3 is 2.69 bits per heavy atom. The second-order valence-corrected chi connectivity index (χ2v) is 12.8. The fraction of sp³-hybridized carbons (Fsp3) is 0.613. The second kappa shape index (κ2) is 10.7. The number of aromatic nitrogens is 1. The van der Waals surface area contributed by atoms with Crippen molar-refractivity contribution < 1.29 is 19.1 Å². The van der Waals surface area contributed by atoms with E-state index in [9.17, 15) is 19.6 Å². The summed E-state index contributed by atoms with van der Waals surface area (Å²) in [5.41, 5.74) is 1.14. The largest absolute Gasteiger partial charge is 0.496 e. The SMILES string of the molecule is COc1cccc2[nH]c(C(=O)N3CC4(CCCCC4)CC3C(=O)N[C@H](C#N)C[C@@H]3CCC(C)(C)CC3=O)cc12. The van der Waals surface area contributed by atoms with Crippen LogP contribution in [0.3, 0.4) is 0 Å². The number of ether oxygens (including phenoxy) is 1. The molecule has 1 unspecified atom stereocenters. The van der Waals surface area contributed by atoms with E-state index in [0.717, 1.165) is 49.4 Å². The summed E-state index contributed by atoms with van der Waals surface area (Å²) in [5, 5.41) is 13.6. The summed E-state index contributed by atoms with van der Waals surface area (Å²) in [6, 6.07) is 8.22. The van der Waals surface area contributed by atoms with Gasteiger partial charge >= 0.3 is 0 Å². The first kappa shape index (κ1) is 27.2. The molecule has 2 aliphatic carbocycles. The molecule has 1 aromatic heterocycles. The van der Waals surface area contributed by atoms with Crippen molar-refractivity contribution in [2.24, 2.45) is 16.7 Å². The van der Waals surface area contributed by atoms with Gasteiger partial charge in [0.1, 0.15) is 29.3 Å². The van der Waals surface area contributed by atoms with E-state index in [4.69, 9.17) is 4.74 Å². The molecule has 1 spiro atoms. The number of aromatic amines is 1. The summed E-state index contributed by atoms with van der Waals surface area (Å²) >= 11 is 0. The van der Waals surface area contributed by atoms with Gasteiger partial charge in [-0.3, -0.25) is 14.4 Å². The van der Waals surface area contributed by atoms with E-state index >= 15 is 0 Å². The van der Waals surface area contributed by atoms with Crippen LogP contribution in [0.15, 0.2) is 24.3 Å². The summed E-state index contributed by atoms with van der Waals surface area (Å²) in [5.74, 6) is 0.132. The van der Waals surface area contributed by atoms with Crippen molar-refractivity contribution in [3.63, 3.8) is 0 Å². The predicted molar refractivity (Wildman–Crippen MR) is 148 cm³/mol. The molecule has 8 nitrogen and oxygen atoms in total. The van der Waals surface area contributed by atoms with Crippen molar-refractivity contribution in [2.75, 3.05) is 13.7 Å². The number of carbonyl (C=O) groups excluding carboxylic acids is 3. The molecule has 3 atom stereocenters. The molecule has 2 aromatic rings. The standard InChI is InChI=1S/C31H40N4O4/c1-30(2)13-10-20(26(36)17-30)14-21(18-32)33-28(37)25-16-31(11-5-4-6-12-31)19-35(25)29(38)24-15-22-23(34-24)8-7-9-27(22)39-3/h7-9,15,20-21,25,34H,4-6,10-14,16-17,19H2,1-3H3,(H,33,37)/t20-,21-,25?/m0/s1. The first-order chi connectivity index (χ1) is 18.6. The average Bonchev–Trinajstić information content (AvgIpc) is 3.51. The van der Waals surface area contributed by atoms with Crippen LogP contribution < -0.4 is 10.1 Å². The number of amides is 2. The van der Waals surface area contributed by atoms with Crippen molar-refractivity contribution in [1.29, 1.82) is 5.26 Å². The molecule has 8 heteroatoms. The number of nitrogens with one attached hydrogen (secondary N) is 2. The first-order valence-corrected chi connectivity index (χ1v) is 14.3. The Morgan fingerprint density at radius 1 is 1.23 bits per heavy atom. The zero-order chi connectivity index (χ0) is 27.8. The Bertz CT molecular complexity index is 1300. The van der Waals surface area contributed by atoms with Crippen molar-refractivity contribution in [1.82, 2.24) is 15.2 Å². The summed E-state index contributed by atoms with van der Waals surface area (Å²) in [6.07, 6.45) is 8.46. The maximum absolute atomic E-state index is 13.9. The number of ketones is 1. The van der Waals surface area contributed by atoms with Crippen LogP contribution in [0.1, 0.15) is 88.5 Å². The van der Waals surface area contributed by atoms with Crippen LogP contribution in [-0.4, -0.2) is 53.2 Å². The highest BCUT2D eigenvalue weighted by atomic mass is 16.5. The molecule has 208 valence electrons. The zero-order valence-electron chi connectivity index (χ0n) is 23.3. The van der Waals surface area contributed by atoms with Gasteiger partial charge in [-0.05, 0) is 67.6 Å². The minimum absolute atomic E-state index is 0.00929. The minimum atomic E-state index is -0.759. The Labute approximate surface area is 230 Å². The molecule has 0 radical (unpaired) electrons. The summed E-state index contributed by atoms with van der Waals surface area (Å²) in [4.78, 5) is 45.3. The number of hydrogen-bond donors (Lipinski definition) is 2. The van der Waals surface area contributed by atoms with Gasteiger partial charge in [0.05, 0.1) is 13.2 Å². The quantitative estimate of drug-likeness (QED) is 0.535. The van der Waals surface area contributed by atoms with E-state index in [2.05, 4.69) is 30.2 Å². The Kier molecular flexibility index (Phi) is 7.45. The topological polar surface area (TPSA) is 115 Å². The Hall–Kier alpha value is -3.34. The molecule has 2 N–H and O–H groups in total. The normalized spacial score (nSPS) is 24.9. The fourth-order valence-electron chi connectivity index (χ4n) is 7.12. The number of carbonyl (C=O) groups is 3. The van der Waals surface area contributed by atoms with Crippen molar-refractivity contribution in [3.8, 4) is 11.8 Å². The van der Waals surface area contributed by atoms with Crippen LogP contribution >= 0.6 is 0 Å². The van der Waals surface area contributed by atoms with E-state index in [-0.39, 0.29) is 34.3 Å². The number of benzene rings is 1. The molecular formula is C31H40N4O4. The maximum Gasteiger partial charge on any atom is 0.271 e. The summed E-state index contributed by atoms with van der Waals surface area (Å²) in [6.45, 7) is 4.73. The molecule has 0 bridgehead atoms. The van der Waals surface area contributed by atoms with E-state index < -0.39 is 12.1 Å². The number of likely N-dealkylation sites (tertiary alicyclic amines) is 1. The highest BCUT2D eigenvalue weighted by molar-refractivity contribution is 6.02. The lowest BCUT2D eigenvalue weighted by Crippen LogP contribution is -2.49. The second-order valence-electron chi connectivity index (χ2n) is 12.8. The first-order valence-electron chi connectivity index (χ1n) is 14.3. The van der Waals surface area contributed by atoms with Crippen LogP contribution in [0.5, 0.6) is 5.75 Å². The van der Waals surface area contributed by atoms with Gasteiger partial charge in [-0.25, -0.2) is 0 Å². The highest BCUT2D eigenvalue weighted by Crippen LogP contribution is 2.47. The van der Waals surface area contributed by atoms with Gasteiger partial charge in [-0.2, -0.15) is 5.26 Å². The van der Waals surface area contributed by atoms with Gasteiger partial charge in [0.2, 0.25) is 5.91 Å². The smallest absolute Gasteiger partial charge is 0.271 e. The number of Topliss-reactive ketones (excluding diaryl/α,β-unsaturated/α-hetero) is 1. The molecule has 2 amide bonds. The number of fused-ring (bicyclic) bond motifs is 1. The number of rotatable bonds is 6. The third-order valence-electron chi connectivity index (χ3n) is 9.33. The molecule has 39 heavy (non-hydrogen) atoms. The Balaban J connectivity index is 1.35. The molecule has 1 aliphatic heterocycles. The third-order valence-corrected chi connectivity index (χ3v) is 9.33.